The van der Waals surface area contributed by atoms with Crippen molar-refractivity contribution in [3.63, 3.8) is 0 Å². The van der Waals surface area contributed by atoms with Gasteiger partial charge < -0.3 is 0 Å². The number of fused-ring (bicyclic) bond motifs is 11. The van der Waals surface area contributed by atoms with Crippen molar-refractivity contribution in [3.8, 4) is 45.3 Å². The standard InChI is InChI=1S/C54H34N4/c1-2-14-40-35(12-1)13-11-23-41(40)36-24-26-37(27-25-36)52-56-53(38-30-32-55-33-31-38)58-54(57-52)39-28-29-50-48-21-8-7-19-46(48)44-17-4-3-15-42(44)43-16-5-6-18-45(43)47-20-9-10-22-49(47)51(50)34-39/h1-34H. The largest absolute Gasteiger partial charge is 0.265 e. The Balaban J connectivity index is 1.17. The van der Waals surface area contributed by atoms with E-state index in [-0.39, 0.29) is 0 Å². The molecule has 0 bridgehead atoms. The van der Waals surface area contributed by atoms with Crippen LogP contribution in [0.2, 0.25) is 0 Å². The summed E-state index contributed by atoms with van der Waals surface area (Å²) in [4.78, 5) is 19.7. The van der Waals surface area contributed by atoms with Crippen LogP contribution in [0.3, 0.4) is 0 Å². The normalized spacial score (nSPS) is 11.4. The van der Waals surface area contributed by atoms with Crippen molar-refractivity contribution in [3.05, 3.63) is 207 Å². The zero-order valence-electron chi connectivity index (χ0n) is 31.4. The Bertz CT molecular complexity index is 3370. The van der Waals surface area contributed by atoms with Crippen molar-refractivity contribution in [2.45, 2.75) is 0 Å². The van der Waals surface area contributed by atoms with Gasteiger partial charge in [-0.2, -0.15) is 0 Å². The molecule has 0 aliphatic heterocycles. The maximum Gasteiger partial charge on any atom is 0.164 e. The van der Waals surface area contributed by atoms with Crippen LogP contribution in [-0.2, 0) is 0 Å². The summed E-state index contributed by atoms with van der Waals surface area (Å²) in [6.07, 6.45) is 3.55. The maximum absolute atomic E-state index is 5.20. The first kappa shape index (κ1) is 33.5. The van der Waals surface area contributed by atoms with E-state index >= 15 is 0 Å². The Hall–Kier alpha value is -7.82. The highest BCUT2D eigenvalue weighted by molar-refractivity contribution is 6.26. The fourth-order valence-corrected chi connectivity index (χ4v) is 8.49. The molecule has 270 valence electrons. The van der Waals surface area contributed by atoms with E-state index in [1.807, 2.05) is 12.1 Å². The first-order chi connectivity index (χ1) is 28.8. The SMILES string of the molecule is c1ccc2c(-c3ccc(-c4nc(-c5ccncc5)nc(-c5ccc6c7ccccc7c7ccccc7c7ccccc7c7ccccc7c6c5)n4)cc3)cccc2c1. The molecule has 0 fully saturated rings. The third-order valence-electron chi connectivity index (χ3n) is 11.3. The van der Waals surface area contributed by atoms with Gasteiger partial charge in [0.05, 0.1) is 0 Å². The Morgan fingerprint density at radius 1 is 0.241 bits per heavy atom. The van der Waals surface area contributed by atoms with E-state index in [0.717, 1.165) is 38.4 Å². The summed E-state index contributed by atoms with van der Waals surface area (Å²) in [5, 5.41) is 14.2. The number of hydrogen-bond acceptors (Lipinski definition) is 4. The first-order valence-electron chi connectivity index (χ1n) is 19.5. The Kier molecular flexibility index (Phi) is 8.11. The third kappa shape index (κ3) is 5.78. The van der Waals surface area contributed by atoms with Gasteiger partial charge in [0.1, 0.15) is 0 Å². The molecule has 0 spiro atoms. The van der Waals surface area contributed by atoms with E-state index in [0.29, 0.717) is 17.5 Å². The number of hydrogen-bond donors (Lipinski definition) is 0. The smallest absolute Gasteiger partial charge is 0.164 e. The zero-order valence-corrected chi connectivity index (χ0v) is 31.4. The predicted molar refractivity (Wildman–Crippen MR) is 242 cm³/mol. The van der Waals surface area contributed by atoms with Crippen molar-refractivity contribution in [1.82, 2.24) is 19.9 Å². The highest BCUT2D eigenvalue weighted by Crippen LogP contribution is 2.38. The molecule has 2 aromatic heterocycles. The lowest BCUT2D eigenvalue weighted by Crippen LogP contribution is -2.00. The third-order valence-corrected chi connectivity index (χ3v) is 11.3. The van der Waals surface area contributed by atoms with Crippen molar-refractivity contribution in [2.24, 2.45) is 0 Å². The number of pyridine rings is 1. The van der Waals surface area contributed by atoms with Gasteiger partial charge >= 0.3 is 0 Å². The molecule has 0 amide bonds. The molecule has 0 saturated heterocycles. The predicted octanol–water partition coefficient (Wildman–Crippen LogP) is 14.0. The monoisotopic (exact) mass is 738 g/mol. The maximum atomic E-state index is 5.20. The quantitative estimate of drug-likeness (QED) is 0.180. The van der Waals surface area contributed by atoms with Gasteiger partial charge in [0, 0.05) is 29.1 Å². The molecule has 11 rings (SSSR count). The lowest BCUT2D eigenvalue weighted by Gasteiger charge is -2.12. The lowest BCUT2D eigenvalue weighted by atomic mass is 9.94. The molecule has 4 nitrogen and oxygen atoms in total. The van der Waals surface area contributed by atoms with Crippen LogP contribution in [0.1, 0.15) is 0 Å². The van der Waals surface area contributed by atoms with Gasteiger partial charge in [-0.3, -0.25) is 4.98 Å². The average molecular weight is 739 g/mol. The minimum absolute atomic E-state index is 0.594. The van der Waals surface area contributed by atoms with Gasteiger partial charge in [-0.25, -0.2) is 15.0 Å². The van der Waals surface area contributed by atoms with Gasteiger partial charge in [-0.15, -0.1) is 0 Å². The van der Waals surface area contributed by atoms with Gasteiger partial charge in [0.2, 0.25) is 0 Å². The number of aromatic nitrogens is 4. The summed E-state index contributed by atoms with van der Waals surface area (Å²) < 4.78 is 0. The molecule has 0 aliphatic rings. The van der Waals surface area contributed by atoms with Crippen molar-refractivity contribution < 1.29 is 0 Å². The average Bonchev–Trinajstić information content (AvgIpc) is 3.31. The van der Waals surface area contributed by atoms with Crippen molar-refractivity contribution in [1.29, 1.82) is 0 Å². The summed E-state index contributed by atoms with van der Waals surface area (Å²) in [6, 6.07) is 69.1. The van der Waals surface area contributed by atoms with E-state index in [2.05, 4.69) is 187 Å². The van der Waals surface area contributed by atoms with Crippen LogP contribution in [0.15, 0.2) is 207 Å². The molecular formula is C54H34N4. The highest BCUT2D eigenvalue weighted by atomic mass is 15.0. The topological polar surface area (TPSA) is 51.6 Å². The molecule has 0 N–H and O–H groups in total. The first-order valence-corrected chi connectivity index (χ1v) is 19.5. The second kappa shape index (κ2) is 14.0. The van der Waals surface area contributed by atoms with Gasteiger partial charge in [0.25, 0.3) is 0 Å². The molecule has 0 atom stereocenters. The Morgan fingerprint density at radius 2 is 0.603 bits per heavy atom. The number of rotatable bonds is 4. The minimum atomic E-state index is 0.594. The fourth-order valence-electron chi connectivity index (χ4n) is 8.49. The highest BCUT2D eigenvalue weighted by Gasteiger charge is 2.15. The molecule has 4 heteroatoms. The van der Waals surface area contributed by atoms with Crippen LogP contribution in [-0.4, -0.2) is 19.9 Å². The van der Waals surface area contributed by atoms with E-state index in [1.165, 1.54) is 54.0 Å². The molecule has 0 radical (unpaired) electrons. The number of nitrogens with zero attached hydrogens (tertiary/aromatic N) is 4. The van der Waals surface area contributed by atoms with Crippen LogP contribution < -0.4 is 0 Å². The molecule has 11 aromatic rings. The molecule has 0 saturated carbocycles. The molecule has 9 aromatic carbocycles. The van der Waals surface area contributed by atoms with Crippen LogP contribution in [0, 0.1) is 0 Å². The summed E-state index contributed by atoms with van der Waals surface area (Å²) in [7, 11) is 0. The molecule has 0 aliphatic carbocycles. The lowest BCUT2D eigenvalue weighted by molar-refractivity contribution is 1.07. The van der Waals surface area contributed by atoms with Gasteiger partial charge in [-0.1, -0.05) is 176 Å². The Morgan fingerprint density at radius 3 is 1.12 bits per heavy atom. The van der Waals surface area contributed by atoms with Gasteiger partial charge in [0.15, 0.2) is 17.5 Å². The summed E-state index contributed by atoms with van der Waals surface area (Å²) in [5.74, 6) is 1.81. The van der Waals surface area contributed by atoms with Crippen molar-refractivity contribution >= 4 is 64.6 Å². The fraction of sp³-hybridized carbons (Fsp3) is 0. The van der Waals surface area contributed by atoms with Crippen LogP contribution >= 0.6 is 0 Å². The zero-order chi connectivity index (χ0) is 38.4. The van der Waals surface area contributed by atoms with Crippen LogP contribution in [0.5, 0.6) is 0 Å². The summed E-state index contributed by atoms with van der Waals surface area (Å²) in [6.45, 7) is 0. The summed E-state index contributed by atoms with van der Waals surface area (Å²) in [5.41, 5.74) is 5.03. The van der Waals surface area contributed by atoms with Crippen LogP contribution in [0.4, 0.5) is 0 Å². The Labute approximate surface area is 335 Å². The van der Waals surface area contributed by atoms with E-state index in [1.54, 1.807) is 12.4 Å². The molecular weight excluding hydrogens is 705 g/mol. The van der Waals surface area contributed by atoms with Gasteiger partial charge in [-0.05, 0) is 94.0 Å². The molecule has 2 heterocycles. The van der Waals surface area contributed by atoms with E-state index < -0.39 is 0 Å². The van der Waals surface area contributed by atoms with E-state index in [4.69, 9.17) is 15.0 Å². The number of benzene rings is 8. The second-order valence-corrected chi connectivity index (χ2v) is 14.6. The van der Waals surface area contributed by atoms with Crippen LogP contribution in [0.25, 0.3) is 110 Å². The van der Waals surface area contributed by atoms with E-state index in [9.17, 15) is 0 Å². The summed E-state index contributed by atoms with van der Waals surface area (Å²) >= 11 is 0. The molecule has 58 heavy (non-hydrogen) atoms. The second-order valence-electron chi connectivity index (χ2n) is 14.6. The minimum Gasteiger partial charge on any atom is -0.265 e. The van der Waals surface area contributed by atoms with Crippen molar-refractivity contribution in [2.75, 3.05) is 0 Å². The molecule has 0 unspecified atom stereocenters.